The Hall–Kier alpha value is -1.94. The minimum Gasteiger partial charge on any atom is -0.462 e. The van der Waals surface area contributed by atoms with Gasteiger partial charge in [0.25, 0.3) is 0 Å². The molecule has 0 heterocycles. The molecule has 0 aliphatic rings. The van der Waals surface area contributed by atoms with Crippen LogP contribution >= 0.6 is 15.6 Å². The molecule has 0 aromatic carbocycles. The zero-order valence-corrected chi connectivity index (χ0v) is 65.5. The summed E-state index contributed by atoms with van der Waals surface area (Å²) in [5.74, 6) is 0.922. The smallest absolute Gasteiger partial charge is 0.462 e. The molecular formula is C78H152O17P2. The Morgan fingerprint density at radius 3 is 0.639 bits per heavy atom. The van der Waals surface area contributed by atoms with Crippen molar-refractivity contribution in [2.45, 2.75) is 414 Å². The van der Waals surface area contributed by atoms with Crippen LogP contribution in [0.25, 0.3) is 0 Å². The SMILES string of the molecule is CC(C)CCCCCCCCCCCCCCCCC(=O)O[C@H](COC(=O)CCCCCCCCCCCCCC(C)C)COP(=O)(O)OCC(O)COP(=O)(O)OC[C@@H](COC(=O)CCCCCCCCC(C)C)OC(=O)CCCCCCCCCCCCCCCCC(C)C. The van der Waals surface area contributed by atoms with E-state index >= 15 is 0 Å². The summed E-state index contributed by atoms with van der Waals surface area (Å²) in [5, 5.41) is 10.6. The molecule has 0 aromatic rings. The average molecular weight is 1420 g/mol. The Labute approximate surface area is 594 Å². The minimum atomic E-state index is -4.96. The number of phosphoric ester groups is 2. The standard InChI is InChI=1S/C78H152O17P2/c1-68(2)54-46-38-30-24-18-13-9-11-15-21-28-34-44-52-60-77(82)94-73(64-88-75(80)58-50-42-33-27-23-17-20-26-32-40-48-56-70(5)6)66-92-96(84,85)90-62-72(79)63-91-97(86,87)93-67-74(65-89-76(81)59-51-43-37-36-41-49-57-71(7)8)95-78(83)61-53-45-35-29-22-16-12-10-14-19-25-31-39-47-55-69(3)4/h68-74,79H,9-67H2,1-8H3,(H,84,85)(H,86,87)/t72?,73-,74-/m1/s1. The normalized spacial score (nSPS) is 14.1. The van der Waals surface area contributed by atoms with E-state index in [0.717, 1.165) is 114 Å². The first-order chi connectivity index (χ1) is 46.6. The number of phosphoric acid groups is 2. The van der Waals surface area contributed by atoms with Gasteiger partial charge in [-0.1, -0.05) is 344 Å². The third kappa shape index (κ3) is 72.2. The Bertz CT molecular complexity index is 1900. The second-order valence-electron chi connectivity index (χ2n) is 30.0. The third-order valence-electron chi connectivity index (χ3n) is 18.1. The van der Waals surface area contributed by atoms with E-state index in [1.807, 2.05) is 0 Å². The number of ether oxygens (including phenoxy) is 4. The topological polar surface area (TPSA) is 237 Å². The van der Waals surface area contributed by atoms with Crippen molar-refractivity contribution in [1.29, 1.82) is 0 Å². The maximum atomic E-state index is 13.1. The molecule has 5 atom stereocenters. The van der Waals surface area contributed by atoms with E-state index in [4.69, 9.17) is 37.0 Å². The minimum absolute atomic E-state index is 0.106. The summed E-state index contributed by atoms with van der Waals surface area (Å²) in [6.07, 6.45) is 52.8. The first-order valence-electron chi connectivity index (χ1n) is 40.2. The van der Waals surface area contributed by atoms with Gasteiger partial charge in [-0.05, 0) is 49.4 Å². The first-order valence-corrected chi connectivity index (χ1v) is 43.2. The van der Waals surface area contributed by atoms with E-state index < -0.39 is 97.5 Å². The van der Waals surface area contributed by atoms with Crippen LogP contribution in [-0.4, -0.2) is 96.7 Å². The van der Waals surface area contributed by atoms with Gasteiger partial charge in [-0.2, -0.15) is 0 Å². The number of aliphatic hydroxyl groups excluding tert-OH is 1. The second-order valence-corrected chi connectivity index (χ2v) is 32.9. The van der Waals surface area contributed by atoms with Gasteiger partial charge in [-0.3, -0.25) is 37.3 Å². The molecule has 0 aliphatic carbocycles. The number of hydrogen-bond acceptors (Lipinski definition) is 15. The quantitative estimate of drug-likeness (QED) is 0.0222. The van der Waals surface area contributed by atoms with E-state index in [1.54, 1.807) is 0 Å². The Morgan fingerprint density at radius 1 is 0.258 bits per heavy atom. The van der Waals surface area contributed by atoms with E-state index in [-0.39, 0.29) is 25.7 Å². The third-order valence-corrected chi connectivity index (χ3v) is 20.0. The fraction of sp³-hybridized carbons (Fsp3) is 0.949. The predicted molar refractivity (Wildman–Crippen MR) is 395 cm³/mol. The van der Waals surface area contributed by atoms with Crippen molar-refractivity contribution in [3.8, 4) is 0 Å². The van der Waals surface area contributed by atoms with Crippen molar-refractivity contribution in [2.24, 2.45) is 23.7 Å². The highest BCUT2D eigenvalue weighted by Crippen LogP contribution is 2.45. The van der Waals surface area contributed by atoms with E-state index in [9.17, 15) is 43.2 Å². The zero-order valence-electron chi connectivity index (χ0n) is 63.7. The van der Waals surface area contributed by atoms with Crippen LogP contribution in [-0.2, 0) is 65.4 Å². The zero-order chi connectivity index (χ0) is 71.7. The summed E-state index contributed by atoms with van der Waals surface area (Å²) in [7, 11) is -9.92. The van der Waals surface area contributed by atoms with Gasteiger partial charge in [0.2, 0.25) is 0 Å². The molecule has 576 valence electrons. The number of esters is 4. The van der Waals surface area contributed by atoms with Crippen LogP contribution in [0.5, 0.6) is 0 Å². The molecule has 0 saturated carbocycles. The number of rotatable bonds is 75. The molecule has 0 aliphatic heterocycles. The molecule has 0 spiro atoms. The summed E-state index contributed by atoms with van der Waals surface area (Å²) in [6.45, 7) is 14.2. The van der Waals surface area contributed by atoms with E-state index in [0.29, 0.717) is 31.6 Å². The molecule has 0 saturated heterocycles. The van der Waals surface area contributed by atoms with Gasteiger partial charge in [0.15, 0.2) is 12.2 Å². The summed E-state index contributed by atoms with van der Waals surface area (Å²) in [4.78, 5) is 72.9. The van der Waals surface area contributed by atoms with Crippen molar-refractivity contribution >= 4 is 39.5 Å². The lowest BCUT2D eigenvalue weighted by molar-refractivity contribution is -0.161. The molecule has 97 heavy (non-hydrogen) atoms. The van der Waals surface area contributed by atoms with Crippen LogP contribution < -0.4 is 0 Å². The number of carbonyl (C=O) groups excluding carboxylic acids is 4. The highest BCUT2D eigenvalue weighted by Gasteiger charge is 2.30. The number of unbranched alkanes of at least 4 members (excludes halogenated alkanes) is 41. The lowest BCUT2D eigenvalue weighted by Crippen LogP contribution is -2.30. The van der Waals surface area contributed by atoms with Crippen molar-refractivity contribution in [1.82, 2.24) is 0 Å². The number of carbonyl (C=O) groups is 4. The number of hydrogen-bond donors (Lipinski definition) is 3. The molecule has 19 heteroatoms. The van der Waals surface area contributed by atoms with Crippen LogP contribution in [0, 0.1) is 23.7 Å². The van der Waals surface area contributed by atoms with Gasteiger partial charge >= 0.3 is 39.5 Å². The monoisotopic (exact) mass is 1420 g/mol. The van der Waals surface area contributed by atoms with E-state index in [1.165, 1.54) is 193 Å². The molecule has 0 aromatic heterocycles. The molecule has 0 bridgehead atoms. The summed E-state index contributed by atoms with van der Waals surface area (Å²) in [6, 6.07) is 0. The fourth-order valence-electron chi connectivity index (χ4n) is 11.9. The van der Waals surface area contributed by atoms with Crippen molar-refractivity contribution in [3.05, 3.63) is 0 Å². The Balaban J connectivity index is 5.23. The van der Waals surface area contributed by atoms with Crippen LogP contribution in [0.3, 0.4) is 0 Å². The molecule has 17 nitrogen and oxygen atoms in total. The van der Waals surface area contributed by atoms with Crippen LogP contribution in [0.15, 0.2) is 0 Å². The molecule has 3 unspecified atom stereocenters. The molecule has 0 rings (SSSR count). The number of aliphatic hydroxyl groups is 1. The molecule has 0 fully saturated rings. The second kappa shape index (κ2) is 67.2. The van der Waals surface area contributed by atoms with Crippen LogP contribution in [0.1, 0.15) is 396 Å². The molecule has 3 N–H and O–H groups in total. The lowest BCUT2D eigenvalue weighted by Gasteiger charge is -2.21. The van der Waals surface area contributed by atoms with Gasteiger partial charge in [0.1, 0.15) is 19.3 Å². The van der Waals surface area contributed by atoms with Crippen molar-refractivity contribution in [2.75, 3.05) is 39.6 Å². The van der Waals surface area contributed by atoms with Gasteiger partial charge in [-0.15, -0.1) is 0 Å². The molecular weight excluding hydrogens is 1270 g/mol. The Kier molecular flexibility index (Phi) is 65.9. The van der Waals surface area contributed by atoms with Crippen LogP contribution in [0.4, 0.5) is 0 Å². The summed E-state index contributed by atoms with van der Waals surface area (Å²) >= 11 is 0. The molecule has 0 radical (unpaired) electrons. The Morgan fingerprint density at radius 2 is 0.433 bits per heavy atom. The fourth-order valence-corrected chi connectivity index (χ4v) is 13.5. The highest BCUT2D eigenvalue weighted by atomic mass is 31.2. The van der Waals surface area contributed by atoms with Gasteiger partial charge < -0.3 is 33.8 Å². The highest BCUT2D eigenvalue weighted by molar-refractivity contribution is 7.47. The summed E-state index contributed by atoms with van der Waals surface area (Å²) in [5.41, 5.74) is 0. The largest absolute Gasteiger partial charge is 0.472 e. The van der Waals surface area contributed by atoms with Crippen molar-refractivity contribution in [3.63, 3.8) is 0 Å². The molecule has 0 amide bonds. The van der Waals surface area contributed by atoms with E-state index in [2.05, 4.69) is 55.4 Å². The average Bonchev–Trinajstić information content (AvgIpc) is 1.10. The van der Waals surface area contributed by atoms with Gasteiger partial charge in [0, 0.05) is 25.7 Å². The lowest BCUT2D eigenvalue weighted by atomic mass is 10.0. The van der Waals surface area contributed by atoms with Crippen LogP contribution in [0.2, 0.25) is 0 Å². The maximum Gasteiger partial charge on any atom is 0.472 e. The van der Waals surface area contributed by atoms with Gasteiger partial charge in [0.05, 0.1) is 26.4 Å². The predicted octanol–water partition coefficient (Wildman–Crippen LogP) is 22.8. The summed E-state index contributed by atoms with van der Waals surface area (Å²) < 4.78 is 68.6. The van der Waals surface area contributed by atoms with Crippen molar-refractivity contribution < 1.29 is 80.2 Å². The first kappa shape index (κ1) is 95.1. The van der Waals surface area contributed by atoms with Gasteiger partial charge in [-0.25, -0.2) is 9.13 Å². The maximum absolute atomic E-state index is 13.1.